The second-order valence-corrected chi connectivity index (χ2v) is 14.0. The molecule has 0 aliphatic heterocycles. The third-order valence-electron chi connectivity index (χ3n) is 7.81. The van der Waals surface area contributed by atoms with Crippen molar-refractivity contribution >= 4 is 62.3 Å². The number of methoxy groups -OCH3 is 1. The SMILES string of the molecule is COc1ccc(Cl)cc1N(CC(=O)N(Cc1c(Cl)cccc1Cl)C(C)C(=O)NC1CCCCC1)S(=O)(=O)c1ccc(C)cc1. The number of halogens is 3. The molecule has 0 radical (unpaired) electrons. The summed E-state index contributed by atoms with van der Waals surface area (Å²) in [6.07, 6.45) is 4.88. The van der Waals surface area contributed by atoms with Crippen LogP contribution in [0.5, 0.6) is 5.75 Å². The maximum atomic E-state index is 14.3. The standard InChI is InChI=1S/C32H36Cl3N3O5S/c1-21-12-15-25(16-13-21)44(41,42)38(29-18-23(33)14-17-30(29)43-3)20-31(39)37(19-26-27(34)10-7-11-28(26)35)22(2)32(40)36-24-8-5-4-6-9-24/h7,10-18,22,24H,4-6,8-9,19-20H2,1-3H3,(H,36,40). The normalized spacial score (nSPS) is 14.5. The molecule has 236 valence electrons. The summed E-state index contributed by atoms with van der Waals surface area (Å²) < 4.78 is 34.7. The molecular weight excluding hydrogens is 645 g/mol. The predicted octanol–water partition coefficient (Wildman–Crippen LogP) is 7.03. The molecule has 1 N–H and O–H groups in total. The van der Waals surface area contributed by atoms with E-state index in [9.17, 15) is 18.0 Å². The highest BCUT2D eigenvalue weighted by Crippen LogP contribution is 2.35. The second kappa shape index (κ2) is 14.9. The molecule has 1 aliphatic carbocycles. The summed E-state index contributed by atoms with van der Waals surface area (Å²) in [6, 6.07) is 14.8. The van der Waals surface area contributed by atoms with Gasteiger partial charge < -0.3 is 15.0 Å². The molecule has 0 heterocycles. The number of carbonyl (C=O) groups excluding carboxylic acids is 2. The van der Waals surface area contributed by atoms with Gasteiger partial charge in [-0.25, -0.2) is 8.42 Å². The number of ether oxygens (including phenoxy) is 1. The van der Waals surface area contributed by atoms with Crippen LogP contribution in [0.1, 0.15) is 50.2 Å². The van der Waals surface area contributed by atoms with Crippen LogP contribution in [0.4, 0.5) is 5.69 Å². The van der Waals surface area contributed by atoms with Gasteiger partial charge in [0.2, 0.25) is 11.8 Å². The van der Waals surface area contributed by atoms with Crippen molar-refractivity contribution in [2.45, 2.75) is 69.5 Å². The lowest BCUT2D eigenvalue weighted by Gasteiger charge is -2.34. The number of nitrogens with one attached hydrogen (secondary N) is 1. The lowest BCUT2D eigenvalue weighted by atomic mass is 9.95. The first-order valence-corrected chi connectivity index (χ1v) is 17.0. The second-order valence-electron chi connectivity index (χ2n) is 10.9. The summed E-state index contributed by atoms with van der Waals surface area (Å²) >= 11 is 19.3. The van der Waals surface area contributed by atoms with Crippen molar-refractivity contribution in [3.8, 4) is 5.75 Å². The number of rotatable bonds is 11. The molecule has 4 rings (SSSR count). The summed E-state index contributed by atoms with van der Waals surface area (Å²) in [4.78, 5) is 29.1. The predicted molar refractivity (Wildman–Crippen MR) is 175 cm³/mol. The molecule has 1 atom stereocenters. The first-order valence-electron chi connectivity index (χ1n) is 14.4. The van der Waals surface area contributed by atoms with Gasteiger partial charge in [0.15, 0.2) is 0 Å². The number of benzene rings is 3. The van der Waals surface area contributed by atoms with Gasteiger partial charge in [0.1, 0.15) is 18.3 Å². The van der Waals surface area contributed by atoms with E-state index in [1.54, 1.807) is 43.3 Å². The van der Waals surface area contributed by atoms with Crippen molar-refractivity contribution in [2.75, 3.05) is 18.0 Å². The lowest BCUT2D eigenvalue weighted by Crippen LogP contribution is -2.53. The van der Waals surface area contributed by atoms with Crippen LogP contribution in [0.15, 0.2) is 65.6 Å². The van der Waals surface area contributed by atoms with Crippen LogP contribution in [0.2, 0.25) is 15.1 Å². The van der Waals surface area contributed by atoms with Crippen molar-refractivity contribution in [3.63, 3.8) is 0 Å². The van der Waals surface area contributed by atoms with Gasteiger partial charge in [-0.2, -0.15) is 0 Å². The Hall–Kier alpha value is -2.98. The zero-order valence-electron chi connectivity index (χ0n) is 24.9. The van der Waals surface area contributed by atoms with Crippen LogP contribution >= 0.6 is 34.8 Å². The monoisotopic (exact) mass is 679 g/mol. The Morgan fingerprint density at radius 1 is 0.977 bits per heavy atom. The lowest BCUT2D eigenvalue weighted by molar-refractivity contribution is -0.139. The van der Waals surface area contributed by atoms with Gasteiger partial charge in [0.25, 0.3) is 10.0 Å². The van der Waals surface area contributed by atoms with E-state index in [0.29, 0.717) is 15.6 Å². The number of aryl methyl sites for hydroxylation is 1. The van der Waals surface area contributed by atoms with Gasteiger partial charge in [0, 0.05) is 33.2 Å². The highest BCUT2D eigenvalue weighted by molar-refractivity contribution is 7.92. The van der Waals surface area contributed by atoms with E-state index < -0.39 is 28.5 Å². The molecule has 1 fully saturated rings. The molecule has 3 aromatic carbocycles. The van der Waals surface area contributed by atoms with Gasteiger partial charge in [-0.1, -0.05) is 77.8 Å². The van der Waals surface area contributed by atoms with Crippen LogP contribution in [0.3, 0.4) is 0 Å². The maximum Gasteiger partial charge on any atom is 0.264 e. The molecule has 12 heteroatoms. The topological polar surface area (TPSA) is 96.0 Å². The van der Waals surface area contributed by atoms with Gasteiger partial charge in [0.05, 0.1) is 17.7 Å². The average molecular weight is 681 g/mol. The number of hydrogen-bond acceptors (Lipinski definition) is 5. The van der Waals surface area contributed by atoms with Crippen LogP contribution in [-0.4, -0.2) is 50.9 Å². The third kappa shape index (κ3) is 7.99. The molecule has 1 aliphatic rings. The maximum absolute atomic E-state index is 14.3. The highest BCUT2D eigenvalue weighted by atomic mass is 35.5. The van der Waals surface area contributed by atoms with E-state index in [1.807, 2.05) is 6.92 Å². The number of nitrogens with zero attached hydrogens (tertiary/aromatic N) is 2. The largest absolute Gasteiger partial charge is 0.495 e. The van der Waals surface area contributed by atoms with Gasteiger partial charge in [-0.3, -0.25) is 13.9 Å². The van der Waals surface area contributed by atoms with Gasteiger partial charge in [-0.15, -0.1) is 0 Å². The minimum absolute atomic E-state index is 0.00805. The van der Waals surface area contributed by atoms with Gasteiger partial charge in [-0.05, 0) is 69.2 Å². The summed E-state index contributed by atoms with van der Waals surface area (Å²) in [5.41, 5.74) is 1.38. The number of amides is 2. The van der Waals surface area contributed by atoms with Crippen molar-refractivity contribution in [2.24, 2.45) is 0 Å². The van der Waals surface area contributed by atoms with Crippen molar-refractivity contribution in [3.05, 3.63) is 86.9 Å². The first kappa shape index (κ1) is 33.9. The molecule has 1 unspecified atom stereocenters. The molecule has 2 amide bonds. The van der Waals surface area contributed by atoms with Gasteiger partial charge >= 0.3 is 0 Å². The molecule has 3 aromatic rings. The Labute approximate surface area is 274 Å². The molecular formula is C32H36Cl3N3O5S. The zero-order valence-corrected chi connectivity index (χ0v) is 27.9. The van der Waals surface area contributed by atoms with E-state index in [4.69, 9.17) is 39.5 Å². The molecule has 0 saturated heterocycles. The minimum Gasteiger partial charge on any atom is -0.495 e. The average Bonchev–Trinajstić information content (AvgIpc) is 3.00. The molecule has 0 spiro atoms. The minimum atomic E-state index is -4.31. The summed E-state index contributed by atoms with van der Waals surface area (Å²) in [6.45, 7) is 2.67. The summed E-state index contributed by atoms with van der Waals surface area (Å²) in [5.74, 6) is -0.798. The Bertz CT molecular complexity index is 1570. The fraction of sp³-hybridized carbons (Fsp3) is 0.375. The van der Waals surface area contributed by atoms with Crippen LogP contribution in [0, 0.1) is 6.92 Å². The van der Waals surface area contributed by atoms with Crippen LogP contribution in [-0.2, 0) is 26.2 Å². The van der Waals surface area contributed by atoms with E-state index in [2.05, 4.69) is 5.32 Å². The fourth-order valence-corrected chi connectivity index (χ4v) is 7.31. The molecule has 0 aromatic heterocycles. The Morgan fingerprint density at radius 2 is 1.61 bits per heavy atom. The molecule has 0 bridgehead atoms. The molecule has 44 heavy (non-hydrogen) atoms. The number of sulfonamides is 1. The number of hydrogen-bond donors (Lipinski definition) is 1. The number of anilines is 1. The smallest absolute Gasteiger partial charge is 0.264 e. The Balaban J connectivity index is 1.76. The third-order valence-corrected chi connectivity index (χ3v) is 10.5. The van der Waals surface area contributed by atoms with E-state index in [1.165, 1.54) is 36.3 Å². The van der Waals surface area contributed by atoms with Crippen molar-refractivity contribution < 1.29 is 22.7 Å². The van der Waals surface area contributed by atoms with E-state index in [0.717, 1.165) is 42.0 Å². The van der Waals surface area contributed by atoms with Crippen molar-refractivity contribution in [1.29, 1.82) is 0 Å². The molecule has 1 saturated carbocycles. The van der Waals surface area contributed by atoms with Crippen LogP contribution in [0.25, 0.3) is 0 Å². The quantitative estimate of drug-likeness (QED) is 0.235. The zero-order chi connectivity index (χ0) is 32.0. The van der Waals surface area contributed by atoms with Crippen LogP contribution < -0.4 is 14.4 Å². The highest BCUT2D eigenvalue weighted by Gasteiger charge is 2.35. The Kier molecular flexibility index (Phi) is 11.5. The van der Waals surface area contributed by atoms with E-state index >= 15 is 0 Å². The first-order chi connectivity index (χ1) is 20.9. The molecule has 8 nitrogen and oxygen atoms in total. The van der Waals surface area contributed by atoms with Crippen molar-refractivity contribution in [1.82, 2.24) is 10.2 Å². The van der Waals surface area contributed by atoms with E-state index in [-0.39, 0.29) is 39.8 Å². The summed E-state index contributed by atoms with van der Waals surface area (Å²) in [5, 5.41) is 3.95. The fourth-order valence-electron chi connectivity index (χ4n) is 5.21. The number of carbonyl (C=O) groups is 2. The summed E-state index contributed by atoms with van der Waals surface area (Å²) in [7, 11) is -2.91. The Morgan fingerprint density at radius 3 is 2.23 bits per heavy atom.